The van der Waals surface area contributed by atoms with Crippen LogP contribution in [0, 0.1) is 0 Å². The Labute approximate surface area is 144 Å². The topological polar surface area (TPSA) is 61.8 Å². The molecule has 1 saturated heterocycles. The van der Waals surface area contributed by atoms with E-state index in [1.807, 2.05) is 24.3 Å². The second-order valence-electron chi connectivity index (χ2n) is 7.44. The molecule has 0 aromatic heterocycles. The summed E-state index contributed by atoms with van der Waals surface area (Å²) in [6.07, 6.45) is 5.56. The molecule has 1 unspecified atom stereocenters. The van der Waals surface area contributed by atoms with E-state index in [1.165, 1.54) is 6.42 Å². The van der Waals surface area contributed by atoms with Gasteiger partial charge in [-0.15, -0.1) is 0 Å². The van der Waals surface area contributed by atoms with E-state index in [0.717, 1.165) is 37.0 Å². The Kier molecular flexibility index (Phi) is 4.99. The summed E-state index contributed by atoms with van der Waals surface area (Å²) in [5, 5.41) is 13.2. The molecule has 2 aliphatic rings. The molecule has 0 spiro atoms. The monoisotopic (exact) mass is 332 g/mol. The molecule has 1 aliphatic carbocycles. The van der Waals surface area contributed by atoms with Crippen LogP contribution in [-0.2, 0) is 6.54 Å². The average molecular weight is 332 g/mol. The number of carbonyl (C=O) groups excluding carboxylic acids is 1. The van der Waals surface area contributed by atoms with Crippen molar-refractivity contribution in [3.05, 3.63) is 29.8 Å². The molecule has 1 saturated carbocycles. The lowest BCUT2D eigenvalue weighted by atomic mass is 9.96. The van der Waals surface area contributed by atoms with Crippen molar-refractivity contribution in [1.29, 1.82) is 0 Å². The highest BCUT2D eigenvalue weighted by atomic mass is 16.5. The number of urea groups is 1. The Balaban J connectivity index is 1.60. The Morgan fingerprint density at radius 1 is 1.29 bits per heavy atom. The van der Waals surface area contributed by atoms with Crippen LogP contribution in [0.15, 0.2) is 24.3 Å². The number of amides is 2. The molecule has 5 nitrogen and oxygen atoms in total. The summed E-state index contributed by atoms with van der Waals surface area (Å²) in [5.41, 5.74) is 0.121. The minimum atomic E-state index is -0.876. The molecule has 2 amide bonds. The molecule has 1 atom stereocenters. The molecule has 1 aromatic rings. The van der Waals surface area contributed by atoms with Gasteiger partial charge in [0.25, 0.3) is 0 Å². The zero-order chi connectivity index (χ0) is 17.2. The zero-order valence-corrected chi connectivity index (χ0v) is 14.6. The molecule has 0 bridgehead atoms. The predicted molar refractivity (Wildman–Crippen MR) is 93.0 cm³/mol. The maximum absolute atomic E-state index is 12.5. The van der Waals surface area contributed by atoms with Gasteiger partial charge in [-0.2, -0.15) is 0 Å². The largest absolute Gasteiger partial charge is 0.490 e. The first-order valence-corrected chi connectivity index (χ1v) is 8.96. The fraction of sp³-hybridized carbons (Fsp3) is 0.632. The maximum atomic E-state index is 12.5. The average Bonchev–Trinajstić information content (AvgIpc) is 2.99. The molecule has 2 N–H and O–H groups in total. The highest BCUT2D eigenvalue weighted by molar-refractivity contribution is 5.75. The van der Waals surface area contributed by atoms with Crippen molar-refractivity contribution in [1.82, 2.24) is 10.2 Å². The van der Waals surface area contributed by atoms with Crippen LogP contribution >= 0.6 is 0 Å². The van der Waals surface area contributed by atoms with Crippen molar-refractivity contribution in [2.24, 2.45) is 0 Å². The van der Waals surface area contributed by atoms with Gasteiger partial charge < -0.3 is 20.1 Å². The molecule has 1 aromatic carbocycles. The van der Waals surface area contributed by atoms with E-state index >= 15 is 0 Å². The summed E-state index contributed by atoms with van der Waals surface area (Å²) < 4.78 is 6.01. The van der Waals surface area contributed by atoms with E-state index < -0.39 is 5.60 Å². The fourth-order valence-electron chi connectivity index (χ4n) is 3.45. The van der Waals surface area contributed by atoms with Crippen LogP contribution in [0.5, 0.6) is 5.75 Å². The number of hydrogen-bond donors (Lipinski definition) is 2. The third-order valence-electron chi connectivity index (χ3n) is 5.08. The molecule has 3 rings (SSSR count). The van der Waals surface area contributed by atoms with E-state index in [4.69, 9.17) is 4.74 Å². The molecule has 5 heteroatoms. The second-order valence-corrected chi connectivity index (χ2v) is 7.44. The van der Waals surface area contributed by atoms with Crippen LogP contribution in [0.3, 0.4) is 0 Å². The lowest BCUT2D eigenvalue weighted by Gasteiger charge is -2.33. The molecule has 1 heterocycles. The van der Waals surface area contributed by atoms with Crippen LogP contribution in [0.25, 0.3) is 0 Å². The van der Waals surface area contributed by atoms with Crippen molar-refractivity contribution < 1.29 is 14.6 Å². The van der Waals surface area contributed by atoms with Gasteiger partial charge in [0.1, 0.15) is 5.75 Å². The van der Waals surface area contributed by atoms with Gasteiger partial charge in [0.2, 0.25) is 0 Å². The van der Waals surface area contributed by atoms with Gasteiger partial charge in [0.05, 0.1) is 17.7 Å². The molecular weight excluding hydrogens is 304 g/mol. The normalized spacial score (nSPS) is 21.5. The molecule has 2 fully saturated rings. The van der Waals surface area contributed by atoms with Crippen LogP contribution in [0.1, 0.15) is 51.5 Å². The van der Waals surface area contributed by atoms with Crippen molar-refractivity contribution in [2.75, 3.05) is 6.54 Å². The number of rotatable bonds is 5. The number of carbonyl (C=O) groups is 1. The summed E-state index contributed by atoms with van der Waals surface area (Å²) in [6, 6.07) is 7.65. The van der Waals surface area contributed by atoms with Gasteiger partial charge in [-0.25, -0.2) is 4.79 Å². The molecule has 132 valence electrons. The molecular formula is C19H28N2O3. The summed E-state index contributed by atoms with van der Waals surface area (Å²) in [5.74, 6) is 0.864. The minimum absolute atomic E-state index is 0.113. The standard InChI is InChI=1S/C19H28N2O3/c1-19(2,23)17-11-6-12-21(17)18(22)20-13-14-7-3-4-10-16(14)24-15-8-5-9-15/h3-4,7,10,15,17,23H,5-6,8-9,11-13H2,1-2H3,(H,20,22). The van der Waals surface area contributed by atoms with Gasteiger partial charge in [-0.1, -0.05) is 18.2 Å². The number of nitrogens with one attached hydrogen (secondary N) is 1. The number of ether oxygens (including phenoxy) is 1. The smallest absolute Gasteiger partial charge is 0.318 e. The number of hydrogen-bond acceptors (Lipinski definition) is 3. The minimum Gasteiger partial charge on any atom is -0.490 e. The number of benzene rings is 1. The highest BCUT2D eigenvalue weighted by Crippen LogP contribution is 2.28. The second kappa shape index (κ2) is 7.01. The summed E-state index contributed by atoms with van der Waals surface area (Å²) in [4.78, 5) is 14.3. The molecule has 0 radical (unpaired) electrons. The SMILES string of the molecule is CC(C)(O)C1CCCN1C(=O)NCc1ccccc1OC1CCC1. The quantitative estimate of drug-likeness (QED) is 0.871. The van der Waals surface area contributed by atoms with Gasteiger partial charge in [-0.05, 0) is 52.0 Å². The number of likely N-dealkylation sites (tertiary alicyclic amines) is 1. The third kappa shape index (κ3) is 3.83. The van der Waals surface area contributed by atoms with Crippen molar-refractivity contribution in [3.63, 3.8) is 0 Å². The number of nitrogens with zero attached hydrogens (tertiary/aromatic N) is 1. The van der Waals surface area contributed by atoms with Gasteiger partial charge >= 0.3 is 6.03 Å². The first-order valence-electron chi connectivity index (χ1n) is 8.96. The maximum Gasteiger partial charge on any atom is 0.318 e. The lowest BCUT2D eigenvalue weighted by molar-refractivity contribution is 0.00977. The first-order chi connectivity index (χ1) is 11.4. The molecule has 24 heavy (non-hydrogen) atoms. The third-order valence-corrected chi connectivity index (χ3v) is 5.08. The van der Waals surface area contributed by atoms with Gasteiger partial charge in [0.15, 0.2) is 0 Å². The highest BCUT2D eigenvalue weighted by Gasteiger charge is 2.38. The van der Waals surface area contributed by atoms with E-state index in [0.29, 0.717) is 19.2 Å². The van der Waals surface area contributed by atoms with E-state index in [-0.39, 0.29) is 12.1 Å². The van der Waals surface area contributed by atoms with Crippen LogP contribution in [-0.4, -0.2) is 40.3 Å². The van der Waals surface area contributed by atoms with E-state index in [2.05, 4.69) is 5.32 Å². The van der Waals surface area contributed by atoms with E-state index in [1.54, 1.807) is 18.7 Å². The van der Waals surface area contributed by atoms with Crippen LogP contribution in [0.2, 0.25) is 0 Å². The van der Waals surface area contributed by atoms with Gasteiger partial charge in [0, 0.05) is 18.7 Å². The van der Waals surface area contributed by atoms with Crippen molar-refractivity contribution in [2.45, 2.75) is 70.2 Å². The lowest BCUT2D eigenvalue weighted by Crippen LogP contribution is -2.51. The number of para-hydroxylation sites is 1. The summed E-state index contributed by atoms with van der Waals surface area (Å²) in [7, 11) is 0. The Morgan fingerprint density at radius 3 is 2.71 bits per heavy atom. The van der Waals surface area contributed by atoms with Crippen LogP contribution in [0.4, 0.5) is 4.79 Å². The number of aliphatic hydroxyl groups is 1. The fourth-order valence-corrected chi connectivity index (χ4v) is 3.45. The Hall–Kier alpha value is -1.75. The predicted octanol–water partition coefficient (Wildman–Crippen LogP) is 3.06. The Morgan fingerprint density at radius 2 is 2.04 bits per heavy atom. The van der Waals surface area contributed by atoms with Gasteiger partial charge in [-0.3, -0.25) is 0 Å². The molecule has 1 aliphatic heterocycles. The summed E-state index contributed by atoms with van der Waals surface area (Å²) >= 11 is 0. The summed E-state index contributed by atoms with van der Waals surface area (Å²) in [6.45, 7) is 4.67. The van der Waals surface area contributed by atoms with Crippen LogP contribution < -0.4 is 10.1 Å². The Bertz CT molecular complexity index is 578. The van der Waals surface area contributed by atoms with E-state index in [9.17, 15) is 9.90 Å². The first kappa shape index (κ1) is 17.1. The zero-order valence-electron chi connectivity index (χ0n) is 14.6. The van der Waals surface area contributed by atoms with Crippen molar-refractivity contribution in [3.8, 4) is 5.75 Å². The van der Waals surface area contributed by atoms with Crippen molar-refractivity contribution >= 4 is 6.03 Å².